The van der Waals surface area contributed by atoms with Gasteiger partial charge in [-0.05, 0) is 38.0 Å². The third-order valence-corrected chi connectivity index (χ3v) is 6.20. The van der Waals surface area contributed by atoms with Gasteiger partial charge in [-0.3, -0.25) is 9.67 Å². The highest BCUT2D eigenvalue weighted by atomic mass is 16.5. The summed E-state index contributed by atoms with van der Waals surface area (Å²) in [7, 11) is 5.20. The summed E-state index contributed by atoms with van der Waals surface area (Å²) in [6, 6.07) is 7.75. The molecule has 0 saturated carbocycles. The summed E-state index contributed by atoms with van der Waals surface area (Å²) in [5, 5.41) is 4.21. The van der Waals surface area contributed by atoms with Gasteiger partial charge in [0.2, 0.25) is 11.8 Å². The highest BCUT2D eigenvalue weighted by Gasteiger charge is 2.27. The van der Waals surface area contributed by atoms with Gasteiger partial charge < -0.3 is 19.1 Å². The van der Waals surface area contributed by atoms with Gasteiger partial charge in [0.15, 0.2) is 0 Å². The first-order valence-corrected chi connectivity index (χ1v) is 11.8. The molecule has 5 heterocycles. The minimum atomic E-state index is 0.272. The summed E-state index contributed by atoms with van der Waals surface area (Å²) in [5.41, 5.74) is 3.88. The zero-order valence-electron chi connectivity index (χ0n) is 20.9. The van der Waals surface area contributed by atoms with Gasteiger partial charge in [-0.25, -0.2) is 9.97 Å². The Morgan fingerprint density at radius 1 is 1.06 bits per heavy atom. The molecule has 4 aromatic heterocycles. The summed E-state index contributed by atoms with van der Waals surface area (Å²) in [4.78, 5) is 20.7. The van der Waals surface area contributed by atoms with Gasteiger partial charge >= 0.3 is 0 Å². The number of hydrogen-bond acceptors (Lipinski definition) is 9. The summed E-state index contributed by atoms with van der Waals surface area (Å²) in [6.07, 6.45) is 9.33. The Balaban J connectivity index is 1.37. The number of nitrogens with zero attached hydrogens (tertiary/aromatic N) is 7. The molecule has 1 atom stereocenters. The first kappa shape index (κ1) is 23.7. The maximum atomic E-state index is 6.14. The molecular formula is C26H29N7O3. The van der Waals surface area contributed by atoms with Gasteiger partial charge in [0.25, 0.3) is 0 Å². The number of rotatable bonds is 8. The molecule has 1 unspecified atom stereocenters. The second kappa shape index (κ2) is 10.3. The predicted octanol–water partition coefficient (Wildman–Crippen LogP) is 4.06. The lowest BCUT2D eigenvalue weighted by Crippen LogP contribution is -2.34. The van der Waals surface area contributed by atoms with Crippen LogP contribution in [0, 0.1) is 6.92 Å². The smallest absolute Gasteiger partial charge is 0.228 e. The molecule has 0 bridgehead atoms. The molecule has 4 aromatic rings. The SMILES string of the molecule is COCC1CCCN1c1ncc(-c2ccc(Oc3ccnc(-c4cnn(C)c4)c3)c(C)n2)c(OC)n1. The second-order valence-corrected chi connectivity index (χ2v) is 8.70. The number of methoxy groups -OCH3 is 2. The Bertz CT molecular complexity index is 1360. The van der Waals surface area contributed by atoms with Crippen LogP contribution in [0.15, 0.2) is 49.1 Å². The van der Waals surface area contributed by atoms with Crippen LogP contribution in [0.3, 0.4) is 0 Å². The molecule has 10 heteroatoms. The number of hydrogen-bond donors (Lipinski definition) is 0. The van der Waals surface area contributed by atoms with Crippen molar-refractivity contribution in [2.75, 3.05) is 32.3 Å². The number of aryl methyl sites for hydroxylation is 2. The third kappa shape index (κ3) is 4.85. The molecule has 0 radical (unpaired) electrons. The van der Waals surface area contributed by atoms with E-state index in [0.29, 0.717) is 35.6 Å². The molecule has 1 aliphatic rings. The first-order chi connectivity index (χ1) is 17.6. The average molecular weight is 488 g/mol. The van der Waals surface area contributed by atoms with Gasteiger partial charge in [-0.1, -0.05) is 0 Å². The number of aromatic nitrogens is 6. The van der Waals surface area contributed by atoms with E-state index in [1.54, 1.807) is 37.5 Å². The molecule has 1 aliphatic heterocycles. The number of pyridine rings is 2. The van der Waals surface area contributed by atoms with E-state index < -0.39 is 0 Å². The van der Waals surface area contributed by atoms with Crippen molar-refractivity contribution < 1.29 is 14.2 Å². The normalized spacial score (nSPS) is 15.3. The van der Waals surface area contributed by atoms with Crippen molar-refractivity contribution in [2.45, 2.75) is 25.8 Å². The van der Waals surface area contributed by atoms with Gasteiger partial charge in [0.1, 0.15) is 11.5 Å². The quantitative estimate of drug-likeness (QED) is 0.364. The van der Waals surface area contributed by atoms with Gasteiger partial charge in [-0.15, -0.1) is 0 Å². The van der Waals surface area contributed by atoms with Crippen molar-refractivity contribution in [2.24, 2.45) is 7.05 Å². The molecule has 186 valence electrons. The first-order valence-electron chi connectivity index (χ1n) is 11.8. The molecular weight excluding hydrogens is 458 g/mol. The topological polar surface area (TPSA) is 100 Å². The zero-order chi connectivity index (χ0) is 25.1. The third-order valence-electron chi connectivity index (χ3n) is 6.20. The second-order valence-electron chi connectivity index (χ2n) is 8.70. The monoisotopic (exact) mass is 487 g/mol. The molecule has 5 rings (SSSR count). The van der Waals surface area contributed by atoms with Crippen molar-refractivity contribution in [3.63, 3.8) is 0 Å². The van der Waals surface area contributed by atoms with Crippen LogP contribution >= 0.6 is 0 Å². The number of anilines is 1. The van der Waals surface area contributed by atoms with E-state index in [1.807, 2.05) is 44.4 Å². The average Bonchev–Trinajstić information content (AvgIpc) is 3.54. The molecule has 10 nitrogen and oxygen atoms in total. The van der Waals surface area contributed by atoms with E-state index in [2.05, 4.69) is 20.0 Å². The van der Waals surface area contributed by atoms with E-state index in [4.69, 9.17) is 24.2 Å². The molecule has 0 N–H and O–H groups in total. The largest absolute Gasteiger partial charge is 0.480 e. The van der Waals surface area contributed by atoms with Gasteiger partial charge in [0.05, 0.1) is 48.6 Å². The van der Waals surface area contributed by atoms with Crippen molar-refractivity contribution in [1.82, 2.24) is 29.7 Å². The fourth-order valence-corrected chi connectivity index (χ4v) is 4.41. The predicted molar refractivity (Wildman–Crippen MR) is 135 cm³/mol. The summed E-state index contributed by atoms with van der Waals surface area (Å²) in [6.45, 7) is 3.46. The molecule has 36 heavy (non-hydrogen) atoms. The molecule has 0 amide bonds. The van der Waals surface area contributed by atoms with Crippen LogP contribution in [0.25, 0.3) is 22.5 Å². The van der Waals surface area contributed by atoms with Crippen LogP contribution < -0.4 is 14.4 Å². The van der Waals surface area contributed by atoms with E-state index in [-0.39, 0.29) is 6.04 Å². The van der Waals surface area contributed by atoms with Gasteiger partial charge in [0, 0.05) is 50.9 Å². The van der Waals surface area contributed by atoms with Crippen LogP contribution in [0.2, 0.25) is 0 Å². The minimum Gasteiger partial charge on any atom is -0.480 e. The van der Waals surface area contributed by atoms with Crippen molar-refractivity contribution in [3.05, 3.63) is 54.7 Å². The minimum absolute atomic E-state index is 0.272. The van der Waals surface area contributed by atoms with Crippen LogP contribution in [-0.2, 0) is 11.8 Å². The Hall–Kier alpha value is -4.05. The fourth-order valence-electron chi connectivity index (χ4n) is 4.41. The molecule has 1 fully saturated rings. The van der Waals surface area contributed by atoms with Gasteiger partial charge in [-0.2, -0.15) is 10.1 Å². The van der Waals surface area contributed by atoms with Crippen LogP contribution in [0.1, 0.15) is 18.5 Å². The lowest BCUT2D eigenvalue weighted by atomic mass is 10.2. The zero-order valence-corrected chi connectivity index (χ0v) is 20.9. The Labute approximate surface area is 209 Å². The molecule has 1 saturated heterocycles. The maximum absolute atomic E-state index is 6.14. The molecule has 0 spiro atoms. The number of ether oxygens (including phenoxy) is 3. The lowest BCUT2D eigenvalue weighted by Gasteiger charge is -2.24. The maximum Gasteiger partial charge on any atom is 0.228 e. The summed E-state index contributed by atoms with van der Waals surface area (Å²) < 4.78 is 18.9. The highest BCUT2D eigenvalue weighted by Crippen LogP contribution is 2.33. The Morgan fingerprint density at radius 3 is 2.69 bits per heavy atom. The van der Waals surface area contributed by atoms with E-state index in [1.165, 1.54) is 0 Å². The van der Waals surface area contributed by atoms with Crippen LogP contribution in [-0.4, -0.2) is 63.1 Å². The molecule has 0 aromatic carbocycles. The van der Waals surface area contributed by atoms with E-state index in [9.17, 15) is 0 Å². The summed E-state index contributed by atoms with van der Waals surface area (Å²) in [5.74, 6) is 2.45. The van der Waals surface area contributed by atoms with Crippen molar-refractivity contribution >= 4 is 5.95 Å². The molecule has 0 aliphatic carbocycles. The Kier molecular flexibility index (Phi) is 6.77. The Morgan fingerprint density at radius 2 is 1.94 bits per heavy atom. The fraction of sp³-hybridized carbons (Fsp3) is 0.346. The lowest BCUT2D eigenvalue weighted by molar-refractivity contribution is 0.180. The van der Waals surface area contributed by atoms with Crippen LogP contribution in [0.4, 0.5) is 5.95 Å². The van der Waals surface area contributed by atoms with Crippen molar-refractivity contribution in [3.8, 4) is 39.9 Å². The highest BCUT2D eigenvalue weighted by molar-refractivity contribution is 5.66. The standard InChI is InChI=1S/C26H29N7O3/c1-17-24(36-20-9-10-27-23(12-20)18-13-29-32(2)15-18)8-7-22(30-17)21-14-28-26(31-25(21)35-4)33-11-5-6-19(33)16-34-3/h7-10,12-15,19H,5-6,11,16H2,1-4H3. The van der Waals surface area contributed by atoms with Crippen molar-refractivity contribution in [1.29, 1.82) is 0 Å². The van der Waals surface area contributed by atoms with E-state index >= 15 is 0 Å². The van der Waals surface area contributed by atoms with E-state index in [0.717, 1.165) is 41.9 Å². The van der Waals surface area contributed by atoms with Crippen LogP contribution in [0.5, 0.6) is 17.4 Å². The summed E-state index contributed by atoms with van der Waals surface area (Å²) >= 11 is 0.